The van der Waals surface area contributed by atoms with Crippen LogP contribution >= 0.6 is 0 Å². The average molecular weight is 673 g/mol. The van der Waals surface area contributed by atoms with Crippen molar-refractivity contribution >= 4 is 54.4 Å². The molecule has 7 aromatic carbocycles. The maximum Gasteiger partial charge on any atom is 0.0979 e. The van der Waals surface area contributed by atoms with Crippen molar-refractivity contribution in [2.75, 3.05) is 0 Å². The second-order valence-corrected chi connectivity index (χ2v) is 15.6. The molecule has 0 saturated carbocycles. The van der Waals surface area contributed by atoms with Gasteiger partial charge in [0, 0.05) is 38.1 Å². The molecule has 0 spiro atoms. The lowest BCUT2D eigenvalue weighted by Gasteiger charge is -2.28. The van der Waals surface area contributed by atoms with E-state index in [2.05, 4.69) is 168 Å². The lowest BCUT2D eigenvalue weighted by molar-refractivity contribution is 0.509. The van der Waals surface area contributed by atoms with Gasteiger partial charge < -0.3 is 0 Å². The topological polar surface area (TPSA) is 51.6 Å². The third-order valence-corrected chi connectivity index (χ3v) is 10.4. The van der Waals surface area contributed by atoms with Gasteiger partial charge in [0.15, 0.2) is 0 Å². The van der Waals surface area contributed by atoms with Crippen LogP contribution in [-0.4, -0.2) is 19.9 Å². The smallest absolute Gasteiger partial charge is 0.0979 e. The molecule has 9 aromatic rings. The van der Waals surface area contributed by atoms with Gasteiger partial charge in [-0.1, -0.05) is 168 Å². The Hall–Kier alpha value is -6.00. The van der Waals surface area contributed by atoms with E-state index in [1.165, 1.54) is 21.7 Å². The molecular weight excluding hydrogens is 633 g/mol. The highest BCUT2D eigenvalue weighted by molar-refractivity contribution is 6.23. The Balaban J connectivity index is 1.29. The van der Waals surface area contributed by atoms with E-state index in [1.54, 1.807) is 0 Å². The van der Waals surface area contributed by atoms with E-state index in [1.807, 2.05) is 6.07 Å². The molecule has 0 aliphatic rings. The molecule has 4 heteroatoms. The van der Waals surface area contributed by atoms with Gasteiger partial charge in [0.1, 0.15) is 0 Å². The zero-order chi connectivity index (χ0) is 35.6. The predicted octanol–water partition coefficient (Wildman–Crippen LogP) is 12.2. The average Bonchev–Trinajstić information content (AvgIpc) is 3.17. The van der Waals surface area contributed by atoms with Crippen LogP contribution in [0.4, 0.5) is 0 Å². The SMILES string of the molecule is CC(C)(C)c1nc2c(cc(CC(C)(C)c3nc4c5ccccc5c5ccccc5c4nc3-c3ccccc3)c3ccccc32)nc1-c1ccccc1. The van der Waals surface area contributed by atoms with Crippen molar-refractivity contribution in [2.45, 2.75) is 51.9 Å². The first kappa shape index (κ1) is 31.9. The van der Waals surface area contributed by atoms with Gasteiger partial charge in [0.05, 0.1) is 44.8 Å². The highest BCUT2D eigenvalue weighted by Gasteiger charge is 2.31. The summed E-state index contributed by atoms with van der Waals surface area (Å²) in [6.07, 6.45) is 0.734. The van der Waals surface area contributed by atoms with E-state index in [0.717, 1.165) is 78.5 Å². The molecule has 2 heterocycles. The Morgan fingerprint density at radius 3 is 1.37 bits per heavy atom. The molecule has 0 fully saturated rings. The van der Waals surface area contributed by atoms with Crippen molar-refractivity contribution in [3.63, 3.8) is 0 Å². The number of hydrogen-bond donors (Lipinski definition) is 0. The monoisotopic (exact) mass is 672 g/mol. The Labute approximate surface area is 304 Å². The van der Waals surface area contributed by atoms with Crippen LogP contribution in [0, 0.1) is 0 Å². The Morgan fingerprint density at radius 1 is 0.404 bits per heavy atom. The van der Waals surface area contributed by atoms with E-state index in [9.17, 15) is 0 Å². The fourth-order valence-electron chi connectivity index (χ4n) is 7.92. The van der Waals surface area contributed by atoms with E-state index in [0.29, 0.717) is 0 Å². The van der Waals surface area contributed by atoms with Crippen molar-refractivity contribution in [1.29, 1.82) is 0 Å². The third-order valence-electron chi connectivity index (χ3n) is 10.4. The van der Waals surface area contributed by atoms with Crippen LogP contribution in [0.3, 0.4) is 0 Å². The molecule has 0 atom stereocenters. The van der Waals surface area contributed by atoms with Gasteiger partial charge in [-0.2, -0.15) is 0 Å². The van der Waals surface area contributed by atoms with Gasteiger partial charge in [-0.15, -0.1) is 0 Å². The minimum atomic E-state index is -0.406. The number of nitrogens with zero attached hydrogens (tertiary/aromatic N) is 4. The second kappa shape index (κ2) is 12.1. The quantitative estimate of drug-likeness (QED) is 0.171. The summed E-state index contributed by atoms with van der Waals surface area (Å²) in [5.41, 5.74) is 10.3. The van der Waals surface area contributed by atoms with Crippen molar-refractivity contribution in [1.82, 2.24) is 19.9 Å². The third kappa shape index (κ3) is 5.29. The van der Waals surface area contributed by atoms with Crippen LogP contribution in [0.15, 0.2) is 140 Å². The molecule has 0 saturated heterocycles. The highest BCUT2D eigenvalue weighted by atomic mass is 14.9. The molecular formula is C48H40N4. The molecule has 2 aromatic heterocycles. The van der Waals surface area contributed by atoms with Crippen LogP contribution in [-0.2, 0) is 17.3 Å². The summed E-state index contributed by atoms with van der Waals surface area (Å²) in [7, 11) is 0. The minimum Gasteiger partial charge on any atom is -0.248 e. The molecule has 252 valence electrons. The number of benzene rings is 7. The van der Waals surface area contributed by atoms with Gasteiger partial charge in [-0.25, -0.2) is 19.9 Å². The summed E-state index contributed by atoms with van der Waals surface area (Å²) in [4.78, 5) is 22.0. The molecule has 4 nitrogen and oxygen atoms in total. The summed E-state index contributed by atoms with van der Waals surface area (Å²) < 4.78 is 0. The first-order valence-corrected chi connectivity index (χ1v) is 18.1. The number of fused-ring (bicyclic) bond motifs is 9. The second-order valence-electron chi connectivity index (χ2n) is 15.6. The maximum atomic E-state index is 5.64. The lowest BCUT2D eigenvalue weighted by atomic mass is 9.79. The molecule has 9 rings (SSSR count). The molecule has 0 aliphatic carbocycles. The van der Waals surface area contributed by atoms with E-state index in [4.69, 9.17) is 19.9 Å². The van der Waals surface area contributed by atoms with E-state index in [-0.39, 0.29) is 5.41 Å². The van der Waals surface area contributed by atoms with Crippen LogP contribution in [0.25, 0.3) is 76.9 Å². The van der Waals surface area contributed by atoms with E-state index < -0.39 is 5.41 Å². The Bertz CT molecular complexity index is 2820. The van der Waals surface area contributed by atoms with E-state index >= 15 is 0 Å². The zero-order valence-corrected chi connectivity index (χ0v) is 30.3. The minimum absolute atomic E-state index is 0.188. The van der Waals surface area contributed by atoms with Crippen LogP contribution in [0.1, 0.15) is 51.6 Å². The van der Waals surface area contributed by atoms with Crippen molar-refractivity contribution in [3.8, 4) is 22.5 Å². The van der Waals surface area contributed by atoms with Gasteiger partial charge in [-0.05, 0) is 34.2 Å². The summed E-state index contributed by atoms with van der Waals surface area (Å²) >= 11 is 0. The molecule has 0 amide bonds. The lowest BCUT2D eigenvalue weighted by Crippen LogP contribution is -2.24. The van der Waals surface area contributed by atoms with Crippen LogP contribution in [0.2, 0.25) is 0 Å². The zero-order valence-electron chi connectivity index (χ0n) is 30.3. The van der Waals surface area contributed by atoms with Crippen LogP contribution in [0.5, 0.6) is 0 Å². The fraction of sp³-hybridized carbons (Fsp3) is 0.167. The molecule has 0 N–H and O–H groups in total. The first-order valence-electron chi connectivity index (χ1n) is 18.1. The summed E-state index contributed by atoms with van der Waals surface area (Å²) in [5.74, 6) is 0. The van der Waals surface area contributed by atoms with Crippen molar-refractivity contribution in [3.05, 3.63) is 156 Å². The number of rotatable bonds is 5. The van der Waals surface area contributed by atoms with Crippen molar-refractivity contribution in [2.24, 2.45) is 0 Å². The molecule has 0 aliphatic heterocycles. The summed E-state index contributed by atoms with van der Waals surface area (Å²) in [6.45, 7) is 11.3. The van der Waals surface area contributed by atoms with Gasteiger partial charge >= 0.3 is 0 Å². The molecule has 0 unspecified atom stereocenters. The standard InChI is InChI=1S/C48H40N4/c1-47(2,3)45-40(30-18-8-6-9-19-30)49-39-28-32(33-22-12-15-25-36(33)42(39)51-45)29-48(4,5)46-41(31-20-10-7-11-21-31)50-43-37-26-16-13-23-34(37)35-24-14-17-27-38(35)44(43)52-46/h6-28H,29H2,1-5H3. The fourth-order valence-corrected chi connectivity index (χ4v) is 7.92. The number of hydrogen-bond acceptors (Lipinski definition) is 4. The highest BCUT2D eigenvalue weighted by Crippen LogP contribution is 2.41. The van der Waals surface area contributed by atoms with Gasteiger partial charge in [0.25, 0.3) is 0 Å². The summed E-state index contributed by atoms with van der Waals surface area (Å²) in [5, 5.41) is 6.94. The van der Waals surface area contributed by atoms with Crippen molar-refractivity contribution < 1.29 is 0 Å². The molecule has 0 radical (unpaired) electrons. The van der Waals surface area contributed by atoms with Gasteiger partial charge in [-0.3, -0.25) is 0 Å². The Kier molecular flexibility index (Phi) is 7.41. The molecule has 52 heavy (non-hydrogen) atoms. The van der Waals surface area contributed by atoms with Crippen LogP contribution < -0.4 is 0 Å². The normalized spacial score (nSPS) is 12.4. The largest absolute Gasteiger partial charge is 0.248 e. The number of aromatic nitrogens is 4. The first-order chi connectivity index (χ1) is 25.2. The Morgan fingerprint density at radius 2 is 0.827 bits per heavy atom. The van der Waals surface area contributed by atoms with Gasteiger partial charge in [0.2, 0.25) is 0 Å². The predicted molar refractivity (Wildman–Crippen MR) is 218 cm³/mol. The summed E-state index contributed by atoms with van der Waals surface area (Å²) in [6, 6.07) is 49.1. The molecule has 0 bridgehead atoms. The maximum absolute atomic E-state index is 5.64.